The van der Waals surface area contributed by atoms with Gasteiger partial charge in [-0.05, 0) is 36.4 Å². The SMILES string of the molecule is O=C(Cc1ccc(Cl)s1)Nc1ccc(-n2ncc3c(=O)[nH]cnc32)cc1. The van der Waals surface area contributed by atoms with E-state index < -0.39 is 0 Å². The molecule has 2 N–H and O–H groups in total. The summed E-state index contributed by atoms with van der Waals surface area (Å²) in [7, 11) is 0. The van der Waals surface area contributed by atoms with Gasteiger partial charge in [0.2, 0.25) is 5.91 Å². The van der Waals surface area contributed by atoms with E-state index in [1.165, 1.54) is 23.9 Å². The number of benzene rings is 1. The smallest absolute Gasteiger partial charge is 0.261 e. The van der Waals surface area contributed by atoms with Gasteiger partial charge in [-0.3, -0.25) is 9.59 Å². The molecule has 4 rings (SSSR count). The molecule has 9 heteroatoms. The Balaban J connectivity index is 1.52. The molecule has 7 nitrogen and oxygen atoms in total. The summed E-state index contributed by atoms with van der Waals surface area (Å²) in [4.78, 5) is 31.4. The number of fused-ring (bicyclic) bond motifs is 1. The molecule has 0 unspecified atom stereocenters. The van der Waals surface area contributed by atoms with Gasteiger partial charge < -0.3 is 10.3 Å². The number of amides is 1. The standard InChI is InChI=1S/C17H12ClN5O2S/c18-14-6-5-12(26-14)7-15(24)22-10-1-3-11(4-2-10)23-16-13(8-21-23)17(25)20-9-19-16/h1-6,8-9H,7H2,(H,22,24)(H,19,20,25). The predicted molar refractivity (Wildman–Crippen MR) is 101 cm³/mol. The molecule has 1 aromatic carbocycles. The van der Waals surface area contributed by atoms with Crippen LogP contribution >= 0.6 is 22.9 Å². The van der Waals surface area contributed by atoms with Gasteiger partial charge >= 0.3 is 0 Å². The second-order valence-electron chi connectivity index (χ2n) is 5.50. The summed E-state index contributed by atoms with van der Waals surface area (Å²) < 4.78 is 2.24. The van der Waals surface area contributed by atoms with Crippen LogP contribution in [0.3, 0.4) is 0 Å². The fourth-order valence-electron chi connectivity index (χ4n) is 2.54. The molecular formula is C17H12ClN5O2S. The van der Waals surface area contributed by atoms with E-state index in [-0.39, 0.29) is 17.9 Å². The van der Waals surface area contributed by atoms with Crippen molar-refractivity contribution in [1.29, 1.82) is 0 Å². The average molecular weight is 386 g/mol. The Labute approximate surface area is 156 Å². The first-order valence-corrected chi connectivity index (χ1v) is 8.85. The second kappa shape index (κ2) is 6.74. The first-order chi connectivity index (χ1) is 12.6. The van der Waals surface area contributed by atoms with Gasteiger partial charge in [-0.25, -0.2) is 9.67 Å². The van der Waals surface area contributed by atoms with Crippen molar-refractivity contribution in [3.05, 3.63) is 68.5 Å². The maximum atomic E-state index is 12.1. The average Bonchev–Trinajstić information content (AvgIpc) is 3.23. The first-order valence-electron chi connectivity index (χ1n) is 7.66. The maximum absolute atomic E-state index is 12.1. The van der Waals surface area contributed by atoms with Crippen LogP contribution in [0.4, 0.5) is 5.69 Å². The van der Waals surface area contributed by atoms with Crippen LogP contribution in [0.1, 0.15) is 4.88 Å². The molecule has 3 aromatic heterocycles. The highest BCUT2D eigenvalue weighted by atomic mass is 35.5. The highest BCUT2D eigenvalue weighted by Gasteiger charge is 2.10. The Hall–Kier alpha value is -2.97. The molecule has 0 fully saturated rings. The van der Waals surface area contributed by atoms with Crippen molar-refractivity contribution in [2.75, 3.05) is 5.32 Å². The summed E-state index contributed by atoms with van der Waals surface area (Å²) in [6.07, 6.45) is 3.09. The molecule has 0 atom stereocenters. The number of nitrogens with one attached hydrogen (secondary N) is 2. The minimum Gasteiger partial charge on any atom is -0.326 e. The fourth-order valence-corrected chi connectivity index (χ4v) is 3.63. The molecule has 0 saturated carbocycles. The van der Waals surface area contributed by atoms with Crippen molar-refractivity contribution in [2.45, 2.75) is 6.42 Å². The number of hydrogen-bond acceptors (Lipinski definition) is 5. The molecule has 130 valence electrons. The van der Waals surface area contributed by atoms with E-state index in [1.807, 2.05) is 6.07 Å². The van der Waals surface area contributed by atoms with Crippen molar-refractivity contribution in [3.63, 3.8) is 0 Å². The lowest BCUT2D eigenvalue weighted by atomic mass is 10.2. The highest BCUT2D eigenvalue weighted by Crippen LogP contribution is 2.22. The molecule has 3 heterocycles. The van der Waals surface area contributed by atoms with E-state index in [2.05, 4.69) is 20.4 Å². The quantitative estimate of drug-likeness (QED) is 0.564. The van der Waals surface area contributed by atoms with E-state index in [1.54, 1.807) is 35.0 Å². The zero-order chi connectivity index (χ0) is 18.1. The van der Waals surface area contributed by atoms with Gasteiger partial charge in [-0.15, -0.1) is 11.3 Å². The van der Waals surface area contributed by atoms with Crippen LogP contribution in [0.5, 0.6) is 0 Å². The zero-order valence-electron chi connectivity index (χ0n) is 13.3. The minimum atomic E-state index is -0.237. The summed E-state index contributed by atoms with van der Waals surface area (Å²) in [6, 6.07) is 10.8. The van der Waals surface area contributed by atoms with E-state index in [0.29, 0.717) is 21.1 Å². The number of rotatable bonds is 4. The molecule has 0 bridgehead atoms. The lowest BCUT2D eigenvalue weighted by Crippen LogP contribution is -2.13. The van der Waals surface area contributed by atoms with E-state index in [9.17, 15) is 9.59 Å². The number of halogens is 1. The van der Waals surface area contributed by atoms with Crippen molar-refractivity contribution in [3.8, 4) is 5.69 Å². The summed E-state index contributed by atoms with van der Waals surface area (Å²) in [5.74, 6) is -0.117. The normalized spacial score (nSPS) is 11.0. The molecule has 4 aromatic rings. The number of H-pyrrole nitrogens is 1. The highest BCUT2D eigenvalue weighted by molar-refractivity contribution is 7.16. The molecule has 0 aliphatic heterocycles. The van der Waals surface area contributed by atoms with E-state index >= 15 is 0 Å². The van der Waals surface area contributed by atoms with Crippen molar-refractivity contribution >= 4 is 45.6 Å². The summed E-state index contributed by atoms with van der Waals surface area (Å²) in [6.45, 7) is 0. The van der Waals surface area contributed by atoms with Crippen LogP contribution in [-0.4, -0.2) is 25.7 Å². The van der Waals surface area contributed by atoms with Crippen LogP contribution in [0.2, 0.25) is 4.34 Å². The Bertz CT molecular complexity index is 1150. The molecule has 0 aliphatic rings. The van der Waals surface area contributed by atoms with Gasteiger partial charge in [-0.1, -0.05) is 11.6 Å². The van der Waals surface area contributed by atoms with Crippen LogP contribution in [-0.2, 0) is 11.2 Å². The van der Waals surface area contributed by atoms with Crippen molar-refractivity contribution in [1.82, 2.24) is 19.7 Å². The lowest BCUT2D eigenvalue weighted by Gasteiger charge is -2.07. The Morgan fingerprint density at radius 1 is 1.23 bits per heavy atom. The van der Waals surface area contributed by atoms with Gasteiger partial charge in [0.05, 0.1) is 29.0 Å². The van der Waals surface area contributed by atoms with Gasteiger partial charge in [-0.2, -0.15) is 5.10 Å². The predicted octanol–water partition coefficient (Wildman–Crippen LogP) is 3.00. The Morgan fingerprint density at radius 2 is 2.04 bits per heavy atom. The minimum absolute atomic E-state index is 0.117. The van der Waals surface area contributed by atoms with Gasteiger partial charge in [0.15, 0.2) is 5.65 Å². The summed E-state index contributed by atoms with van der Waals surface area (Å²) in [5, 5.41) is 7.47. The summed E-state index contributed by atoms with van der Waals surface area (Å²) in [5.41, 5.74) is 1.64. The number of anilines is 1. The Morgan fingerprint density at radius 3 is 2.77 bits per heavy atom. The van der Waals surface area contributed by atoms with Crippen molar-refractivity contribution < 1.29 is 4.79 Å². The molecule has 0 spiro atoms. The third kappa shape index (κ3) is 3.24. The molecule has 0 radical (unpaired) electrons. The van der Waals surface area contributed by atoms with Gasteiger partial charge in [0.25, 0.3) is 5.56 Å². The van der Waals surface area contributed by atoms with E-state index in [4.69, 9.17) is 11.6 Å². The molecule has 0 saturated heterocycles. The third-order valence-electron chi connectivity index (χ3n) is 3.73. The Kier molecular flexibility index (Phi) is 4.27. The first kappa shape index (κ1) is 16.5. The topological polar surface area (TPSA) is 92.7 Å². The van der Waals surface area contributed by atoms with Crippen LogP contribution in [0, 0.1) is 0 Å². The van der Waals surface area contributed by atoms with Crippen LogP contribution < -0.4 is 10.9 Å². The number of carbonyl (C=O) groups is 1. The van der Waals surface area contributed by atoms with Gasteiger partial charge in [0, 0.05) is 10.6 Å². The van der Waals surface area contributed by atoms with Gasteiger partial charge in [0.1, 0.15) is 5.39 Å². The molecular weight excluding hydrogens is 374 g/mol. The molecule has 26 heavy (non-hydrogen) atoms. The monoisotopic (exact) mass is 385 g/mol. The second-order valence-corrected chi connectivity index (χ2v) is 7.30. The number of thiophene rings is 1. The zero-order valence-corrected chi connectivity index (χ0v) is 14.8. The fraction of sp³-hybridized carbons (Fsp3) is 0.0588. The molecule has 1 amide bonds. The number of carbonyl (C=O) groups excluding carboxylic acids is 1. The largest absolute Gasteiger partial charge is 0.326 e. The van der Waals surface area contributed by atoms with E-state index in [0.717, 1.165) is 10.6 Å². The molecule has 0 aliphatic carbocycles. The van der Waals surface area contributed by atoms with Crippen molar-refractivity contribution in [2.24, 2.45) is 0 Å². The number of nitrogens with zero attached hydrogens (tertiary/aromatic N) is 3. The number of aromatic amines is 1. The summed E-state index contributed by atoms with van der Waals surface area (Å²) >= 11 is 7.26. The lowest BCUT2D eigenvalue weighted by molar-refractivity contribution is -0.115. The number of aromatic nitrogens is 4. The van der Waals surface area contributed by atoms with Crippen LogP contribution in [0.25, 0.3) is 16.7 Å². The van der Waals surface area contributed by atoms with Crippen LogP contribution in [0.15, 0.2) is 53.7 Å². The third-order valence-corrected chi connectivity index (χ3v) is 4.96. The maximum Gasteiger partial charge on any atom is 0.261 e. The number of hydrogen-bond donors (Lipinski definition) is 2.